The summed E-state index contributed by atoms with van der Waals surface area (Å²) in [5.41, 5.74) is 6.12. The average Bonchev–Trinajstić information content (AvgIpc) is 2.68. The van der Waals surface area contributed by atoms with Crippen LogP contribution < -0.4 is 5.73 Å². The maximum Gasteiger partial charge on any atom is 0.225 e. The smallest absolute Gasteiger partial charge is 0.225 e. The zero-order valence-corrected chi connectivity index (χ0v) is 12.6. The summed E-state index contributed by atoms with van der Waals surface area (Å²) in [6, 6.07) is 2.24. The Morgan fingerprint density at radius 3 is 2.71 bits per heavy atom. The lowest BCUT2D eigenvalue weighted by molar-refractivity contribution is -0.130. The van der Waals surface area contributed by atoms with E-state index in [2.05, 4.69) is 28.9 Å². The van der Waals surface area contributed by atoms with Gasteiger partial charge >= 0.3 is 0 Å². The molecule has 1 aliphatic rings. The molecule has 2 rings (SSSR count). The van der Waals surface area contributed by atoms with E-state index in [1.807, 2.05) is 18.7 Å². The van der Waals surface area contributed by atoms with Crippen LogP contribution in [0.2, 0.25) is 0 Å². The number of nitrogens with zero attached hydrogens (tertiary/aromatic N) is 1. The lowest BCUT2D eigenvalue weighted by Crippen LogP contribution is -2.37. The van der Waals surface area contributed by atoms with E-state index in [4.69, 9.17) is 5.73 Å². The number of hydrogen-bond donors (Lipinski definition) is 1. The molecular formula is C12H17BrN2OS. The van der Waals surface area contributed by atoms with Crippen LogP contribution >= 0.6 is 27.3 Å². The van der Waals surface area contributed by atoms with Crippen LogP contribution in [-0.4, -0.2) is 22.9 Å². The van der Waals surface area contributed by atoms with Crippen LogP contribution in [0.3, 0.4) is 0 Å². The molecule has 1 aromatic heterocycles. The molecule has 1 fully saturated rings. The van der Waals surface area contributed by atoms with Crippen LogP contribution in [0.5, 0.6) is 0 Å². The molecule has 1 aliphatic heterocycles. The predicted molar refractivity (Wildman–Crippen MR) is 74.1 cm³/mol. The van der Waals surface area contributed by atoms with E-state index in [0.717, 1.165) is 4.47 Å². The number of aryl methyl sites for hydroxylation is 1. The number of carbonyl (C=O) groups is 1. The molecule has 5 heteroatoms. The maximum atomic E-state index is 11.9. The summed E-state index contributed by atoms with van der Waals surface area (Å²) in [6.45, 7) is 6.15. The fraction of sp³-hybridized carbons (Fsp3) is 0.583. The van der Waals surface area contributed by atoms with Crippen LogP contribution in [0.15, 0.2) is 10.5 Å². The lowest BCUT2D eigenvalue weighted by Gasteiger charge is -2.29. The third-order valence-corrected chi connectivity index (χ3v) is 5.33. The van der Waals surface area contributed by atoms with Crippen LogP contribution in [0.1, 0.15) is 36.1 Å². The van der Waals surface area contributed by atoms with E-state index in [1.54, 1.807) is 11.3 Å². The number of amides is 1. The molecule has 17 heavy (non-hydrogen) atoms. The molecule has 3 nitrogen and oxygen atoms in total. The van der Waals surface area contributed by atoms with Gasteiger partial charge in [0, 0.05) is 32.7 Å². The predicted octanol–water partition coefficient (Wildman–Crippen LogP) is 2.83. The molecule has 1 saturated heterocycles. The topological polar surface area (TPSA) is 46.3 Å². The molecule has 1 aromatic rings. The third kappa shape index (κ3) is 2.28. The fourth-order valence-corrected chi connectivity index (χ4v) is 4.10. The average molecular weight is 317 g/mol. The molecule has 2 atom stereocenters. The minimum Gasteiger partial charge on any atom is -0.331 e. The molecular weight excluding hydrogens is 300 g/mol. The Labute approximate surface area is 114 Å². The van der Waals surface area contributed by atoms with Gasteiger partial charge in [-0.25, -0.2) is 0 Å². The minimum atomic E-state index is -0.0881. The second-order valence-electron chi connectivity index (χ2n) is 4.76. The first-order chi connectivity index (χ1) is 7.91. The summed E-state index contributed by atoms with van der Waals surface area (Å²) in [7, 11) is 0. The first-order valence-corrected chi connectivity index (χ1v) is 7.35. The largest absolute Gasteiger partial charge is 0.331 e. The van der Waals surface area contributed by atoms with Crippen molar-refractivity contribution < 1.29 is 4.79 Å². The van der Waals surface area contributed by atoms with E-state index >= 15 is 0 Å². The maximum absolute atomic E-state index is 11.9. The third-order valence-electron chi connectivity index (χ3n) is 3.13. The van der Waals surface area contributed by atoms with Gasteiger partial charge in [-0.15, -0.1) is 11.3 Å². The van der Waals surface area contributed by atoms with Crippen molar-refractivity contribution in [3.8, 4) is 0 Å². The molecule has 0 spiro atoms. The van der Waals surface area contributed by atoms with Crippen LogP contribution in [-0.2, 0) is 4.79 Å². The van der Waals surface area contributed by atoms with Crippen molar-refractivity contribution >= 4 is 33.2 Å². The summed E-state index contributed by atoms with van der Waals surface area (Å²) in [5.74, 6) is 0.166. The highest BCUT2D eigenvalue weighted by atomic mass is 79.9. The molecule has 2 unspecified atom stereocenters. The summed E-state index contributed by atoms with van der Waals surface area (Å²) in [5, 5.41) is 0. The van der Waals surface area contributed by atoms with Gasteiger partial charge in [0.05, 0.1) is 6.04 Å². The molecule has 0 bridgehead atoms. The minimum absolute atomic E-state index is 0.0394. The van der Waals surface area contributed by atoms with Crippen LogP contribution in [0.25, 0.3) is 0 Å². The highest BCUT2D eigenvalue weighted by Crippen LogP contribution is 2.39. The summed E-state index contributed by atoms with van der Waals surface area (Å²) >= 11 is 5.24. The van der Waals surface area contributed by atoms with Gasteiger partial charge in [0.2, 0.25) is 5.91 Å². The van der Waals surface area contributed by atoms with E-state index in [0.29, 0.717) is 6.42 Å². The first kappa shape index (κ1) is 13.1. The lowest BCUT2D eigenvalue weighted by atomic mass is 10.1. The molecule has 0 aromatic carbocycles. The fourth-order valence-electron chi connectivity index (χ4n) is 2.36. The van der Waals surface area contributed by atoms with E-state index in [-0.39, 0.29) is 24.0 Å². The van der Waals surface area contributed by atoms with Crippen LogP contribution in [0.4, 0.5) is 0 Å². The molecule has 94 valence electrons. The van der Waals surface area contributed by atoms with Crippen molar-refractivity contribution in [3.05, 3.63) is 20.3 Å². The van der Waals surface area contributed by atoms with Gasteiger partial charge in [-0.1, -0.05) is 0 Å². The van der Waals surface area contributed by atoms with Gasteiger partial charge in [-0.3, -0.25) is 4.79 Å². The Bertz CT molecular complexity index is 424. The van der Waals surface area contributed by atoms with Crippen molar-refractivity contribution in [3.63, 3.8) is 0 Å². The molecule has 0 saturated carbocycles. The molecule has 1 amide bonds. The quantitative estimate of drug-likeness (QED) is 0.912. The summed E-state index contributed by atoms with van der Waals surface area (Å²) < 4.78 is 1.10. The van der Waals surface area contributed by atoms with Crippen molar-refractivity contribution in [2.45, 2.75) is 45.3 Å². The van der Waals surface area contributed by atoms with Crippen LogP contribution in [0, 0.1) is 6.92 Å². The number of rotatable bonds is 2. The van der Waals surface area contributed by atoms with Gasteiger partial charge in [0.1, 0.15) is 0 Å². The molecule has 2 heterocycles. The molecule has 0 aliphatic carbocycles. The standard InChI is InChI=1S/C12H17BrN2OS/c1-6(2)15-11(16)5-9(14)12(15)10-4-8(13)7(3)17-10/h4,6,9,12H,5,14H2,1-3H3. The van der Waals surface area contributed by atoms with E-state index in [1.165, 1.54) is 9.75 Å². The number of carbonyl (C=O) groups excluding carboxylic acids is 1. The summed E-state index contributed by atoms with van der Waals surface area (Å²) in [6.07, 6.45) is 0.456. The van der Waals surface area contributed by atoms with Gasteiger partial charge < -0.3 is 10.6 Å². The Kier molecular flexibility index (Phi) is 3.61. The van der Waals surface area contributed by atoms with Gasteiger partial charge in [-0.05, 0) is 42.8 Å². The number of halogens is 1. The highest BCUT2D eigenvalue weighted by molar-refractivity contribution is 9.10. The number of hydrogen-bond acceptors (Lipinski definition) is 3. The zero-order chi connectivity index (χ0) is 12.7. The second kappa shape index (κ2) is 4.71. The first-order valence-electron chi connectivity index (χ1n) is 5.74. The van der Waals surface area contributed by atoms with Crippen molar-refractivity contribution in [2.75, 3.05) is 0 Å². The Morgan fingerprint density at radius 1 is 1.59 bits per heavy atom. The van der Waals surface area contributed by atoms with Crippen molar-refractivity contribution in [1.29, 1.82) is 0 Å². The normalized spacial score (nSPS) is 25.1. The molecule has 0 radical (unpaired) electrons. The number of likely N-dealkylation sites (tertiary alicyclic amines) is 1. The number of nitrogens with two attached hydrogens (primary N) is 1. The van der Waals surface area contributed by atoms with Crippen molar-refractivity contribution in [1.82, 2.24) is 4.90 Å². The van der Waals surface area contributed by atoms with Gasteiger partial charge in [0.25, 0.3) is 0 Å². The Balaban J connectivity index is 2.38. The van der Waals surface area contributed by atoms with E-state index < -0.39 is 0 Å². The van der Waals surface area contributed by atoms with Crippen molar-refractivity contribution in [2.24, 2.45) is 5.73 Å². The Hall–Kier alpha value is -0.390. The Morgan fingerprint density at radius 2 is 2.24 bits per heavy atom. The van der Waals surface area contributed by atoms with Gasteiger partial charge in [0.15, 0.2) is 0 Å². The van der Waals surface area contributed by atoms with E-state index in [9.17, 15) is 4.79 Å². The second-order valence-corrected chi connectivity index (χ2v) is 6.90. The monoisotopic (exact) mass is 316 g/mol. The SMILES string of the molecule is Cc1sc(C2C(N)CC(=O)N2C(C)C)cc1Br. The number of thiophene rings is 1. The zero-order valence-electron chi connectivity index (χ0n) is 10.2. The summed E-state index contributed by atoms with van der Waals surface area (Å²) in [4.78, 5) is 16.3. The van der Waals surface area contributed by atoms with Gasteiger partial charge in [-0.2, -0.15) is 0 Å². The highest BCUT2D eigenvalue weighted by Gasteiger charge is 2.40. The molecule has 2 N–H and O–H groups in total.